The van der Waals surface area contributed by atoms with Crippen LogP contribution in [0.25, 0.3) is 0 Å². The van der Waals surface area contributed by atoms with Gasteiger partial charge in [0.25, 0.3) is 5.91 Å². The lowest BCUT2D eigenvalue weighted by molar-refractivity contribution is -0.124. The van der Waals surface area contributed by atoms with Gasteiger partial charge in [0.2, 0.25) is 0 Å². The fraction of sp³-hybridized carbons (Fsp3) is 0.500. The number of anilines is 2. The highest BCUT2D eigenvalue weighted by molar-refractivity contribution is 7.05. The van der Waals surface area contributed by atoms with Gasteiger partial charge >= 0.3 is 0 Å². The van der Waals surface area contributed by atoms with E-state index in [1.165, 1.54) is 11.5 Å². The second-order valence-corrected chi connectivity index (χ2v) is 7.94. The van der Waals surface area contributed by atoms with Crippen LogP contribution < -0.4 is 15.5 Å². The van der Waals surface area contributed by atoms with E-state index < -0.39 is 5.54 Å². The molecule has 6 nitrogen and oxygen atoms in total. The monoisotopic (exact) mass is 393 g/mol. The fourth-order valence-corrected chi connectivity index (χ4v) is 4.53. The van der Waals surface area contributed by atoms with Crippen molar-refractivity contribution < 1.29 is 4.79 Å². The molecule has 2 aliphatic heterocycles. The standard InChI is InChI=1S/C18H23N5OS.ClH/c1-12(2)16-15(25-22-21-16)11-23-14-6-4-3-5-13(14)20-18(17(23)24)7-9-19-10-8-18;/h3-6,12,19-20H,7-11H2,1-2H3;1H. The van der Waals surface area contributed by atoms with E-state index >= 15 is 0 Å². The quantitative estimate of drug-likeness (QED) is 0.838. The summed E-state index contributed by atoms with van der Waals surface area (Å²) in [6.07, 6.45) is 1.60. The minimum atomic E-state index is -0.504. The van der Waals surface area contributed by atoms with E-state index in [9.17, 15) is 4.79 Å². The van der Waals surface area contributed by atoms with Gasteiger partial charge in [-0.25, -0.2) is 0 Å². The molecule has 140 valence electrons. The van der Waals surface area contributed by atoms with Gasteiger partial charge in [-0.3, -0.25) is 4.79 Å². The highest BCUT2D eigenvalue weighted by Gasteiger charge is 2.46. The predicted molar refractivity (Wildman–Crippen MR) is 107 cm³/mol. The first-order valence-corrected chi connectivity index (χ1v) is 9.59. The maximum Gasteiger partial charge on any atom is 0.253 e. The van der Waals surface area contributed by atoms with Gasteiger partial charge in [0.05, 0.1) is 28.5 Å². The van der Waals surface area contributed by atoms with Gasteiger partial charge in [0.15, 0.2) is 0 Å². The molecule has 2 aliphatic rings. The third-order valence-electron chi connectivity index (χ3n) is 5.11. The minimum Gasteiger partial charge on any atom is -0.369 e. The van der Waals surface area contributed by atoms with Gasteiger partial charge in [0, 0.05) is 0 Å². The molecular formula is C18H24ClN5OS. The molecule has 1 saturated heterocycles. The number of aromatic nitrogens is 2. The molecule has 0 unspecified atom stereocenters. The second-order valence-electron chi connectivity index (χ2n) is 7.10. The van der Waals surface area contributed by atoms with Crippen molar-refractivity contribution in [3.8, 4) is 0 Å². The van der Waals surface area contributed by atoms with Crippen LogP contribution in [0.2, 0.25) is 0 Å². The lowest BCUT2D eigenvalue weighted by atomic mass is 9.84. The number of hydrogen-bond donors (Lipinski definition) is 2. The van der Waals surface area contributed by atoms with Gasteiger partial charge in [-0.2, -0.15) is 0 Å². The smallest absolute Gasteiger partial charge is 0.253 e. The summed E-state index contributed by atoms with van der Waals surface area (Å²) in [4.78, 5) is 16.5. The number of amides is 1. The maximum absolute atomic E-state index is 13.5. The van der Waals surface area contributed by atoms with Crippen molar-refractivity contribution in [3.63, 3.8) is 0 Å². The first-order chi connectivity index (χ1) is 12.1. The Labute approximate surface area is 163 Å². The summed E-state index contributed by atoms with van der Waals surface area (Å²) in [6, 6.07) is 8.07. The number of fused-ring (bicyclic) bond motifs is 1. The Kier molecular flexibility index (Phi) is 5.50. The van der Waals surface area contributed by atoms with Crippen molar-refractivity contribution in [2.45, 2.75) is 44.7 Å². The Morgan fingerprint density at radius 1 is 1.27 bits per heavy atom. The molecule has 1 amide bonds. The molecule has 0 radical (unpaired) electrons. The van der Waals surface area contributed by atoms with E-state index in [2.05, 4.69) is 40.1 Å². The van der Waals surface area contributed by atoms with Crippen molar-refractivity contribution in [1.82, 2.24) is 14.9 Å². The largest absolute Gasteiger partial charge is 0.369 e. The molecule has 1 spiro atoms. The Morgan fingerprint density at radius 3 is 2.73 bits per heavy atom. The summed E-state index contributed by atoms with van der Waals surface area (Å²) < 4.78 is 4.12. The zero-order valence-corrected chi connectivity index (χ0v) is 16.6. The molecule has 1 fully saturated rings. The van der Waals surface area contributed by atoms with E-state index in [0.717, 1.165) is 47.9 Å². The van der Waals surface area contributed by atoms with Crippen LogP contribution in [0.4, 0.5) is 11.4 Å². The van der Waals surface area contributed by atoms with Crippen molar-refractivity contribution in [2.75, 3.05) is 23.3 Å². The van der Waals surface area contributed by atoms with Crippen molar-refractivity contribution in [1.29, 1.82) is 0 Å². The number of rotatable bonds is 3. The third kappa shape index (κ3) is 3.19. The molecule has 2 N–H and O–H groups in total. The van der Waals surface area contributed by atoms with Crippen molar-refractivity contribution >= 4 is 41.2 Å². The molecule has 26 heavy (non-hydrogen) atoms. The summed E-state index contributed by atoms with van der Waals surface area (Å²) in [5.41, 5.74) is 2.47. The summed E-state index contributed by atoms with van der Waals surface area (Å²) in [6.45, 7) is 6.48. The van der Waals surface area contributed by atoms with Crippen LogP contribution >= 0.6 is 23.9 Å². The van der Waals surface area contributed by atoms with Crippen LogP contribution in [0, 0.1) is 0 Å². The van der Waals surface area contributed by atoms with Crippen LogP contribution in [-0.4, -0.2) is 34.1 Å². The normalized spacial score (nSPS) is 18.4. The number of carbonyl (C=O) groups is 1. The molecule has 0 bridgehead atoms. The van der Waals surface area contributed by atoms with Gasteiger partial charge in [-0.1, -0.05) is 30.5 Å². The van der Waals surface area contributed by atoms with Gasteiger partial charge in [-0.05, 0) is 55.5 Å². The highest BCUT2D eigenvalue weighted by atomic mass is 35.5. The number of piperidine rings is 1. The van der Waals surface area contributed by atoms with Crippen LogP contribution in [0.3, 0.4) is 0 Å². The summed E-state index contributed by atoms with van der Waals surface area (Å²) in [5.74, 6) is 0.464. The summed E-state index contributed by atoms with van der Waals surface area (Å²) >= 11 is 1.40. The molecule has 1 aromatic heterocycles. The lowest BCUT2D eigenvalue weighted by Crippen LogP contribution is -2.61. The fourth-order valence-electron chi connectivity index (χ4n) is 3.75. The molecular weight excluding hydrogens is 370 g/mol. The average molecular weight is 394 g/mol. The topological polar surface area (TPSA) is 70.2 Å². The van der Waals surface area contributed by atoms with Crippen molar-refractivity contribution in [3.05, 3.63) is 34.8 Å². The lowest BCUT2D eigenvalue weighted by Gasteiger charge is -2.45. The molecule has 0 aliphatic carbocycles. The number of nitrogens with zero attached hydrogens (tertiary/aromatic N) is 3. The third-order valence-corrected chi connectivity index (χ3v) is 5.84. The number of hydrogen-bond acceptors (Lipinski definition) is 6. The number of carbonyl (C=O) groups excluding carboxylic acids is 1. The van der Waals surface area contributed by atoms with Gasteiger partial charge in [-0.15, -0.1) is 17.5 Å². The van der Waals surface area contributed by atoms with Gasteiger partial charge in [0.1, 0.15) is 5.54 Å². The molecule has 0 saturated carbocycles. The first-order valence-electron chi connectivity index (χ1n) is 8.82. The maximum atomic E-state index is 13.5. The molecule has 0 atom stereocenters. The SMILES string of the molecule is CC(C)c1nnsc1CN1C(=O)C2(CCNCC2)Nc2ccccc21.Cl. The van der Waals surface area contributed by atoms with Crippen LogP contribution in [0.5, 0.6) is 0 Å². The molecule has 8 heteroatoms. The van der Waals surface area contributed by atoms with Crippen LogP contribution in [0.15, 0.2) is 24.3 Å². The minimum absolute atomic E-state index is 0. The highest BCUT2D eigenvalue weighted by Crippen LogP contribution is 2.40. The first kappa shape index (κ1) is 19.1. The summed E-state index contributed by atoms with van der Waals surface area (Å²) in [5, 5.41) is 11.2. The van der Waals surface area contributed by atoms with E-state index in [1.807, 2.05) is 23.1 Å². The molecule has 4 rings (SSSR count). The zero-order valence-electron chi connectivity index (χ0n) is 15.0. The van der Waals surface area contributed by atoms with E-state index in [-0.39, 0.29) is 18.3 Å². The van der Waals surface area contributed by atoms with Gasteiger partial charge < -0.3 is 15.5 Å². The van der Waals surface area contributed by atoms with Crippen LogP contribution in [-0.2, 0) is 11.3 Å². The second kappa shape index (κ2) is 7.50. The molecule has 2 aromatic rings. The van der Waals surface area contributed by atoms with Crippen LogP contribution in [0.1, 0.15) is 43.2 Å². The Hall–Kier alpha value is -1.70. The van der Waals surface area contributed by atoms with E-state index in [0.29, 0.717) is 12.5 Å². The Bertz CT molecular complexity index is 787. The number of nitrogens with one attached hydrogen (secondary N) is 2. The Morgan fingerprint density at radius 2 is 2.00 bits per heavy atom. The van der Waals surface area contributed by atoms with Crippen molar-refractivity contribution in [2.24, 2.45) is 0 Å². The average Bonchev–Trinajstić information content (AvgIpc) is 3.08. The van der Waals surface area contributed by atoms with E-state index in [1.54, 1.807) is 0 Å². The number of benzene rings is 1. The predicted octanol–water partition coefficient (Wildman–Crippen LogP) is 3.16. The van der Waals surface area contributed by atoms with E-state index in [4.69, 9.17) is 0 Å². The summed E-state index contributed by atoms with van der Waals surface area (Å²) in [7, 11) is 0. The zero-order chi connectivity index (χ0) is 17.4. The number of halogens is 1. The molecule has 3 heterocycles. The number of para-hydroxylation sites is 2. The Balaban J connectivity index is 0.00000196. The molecule has 1 aromatic carbocycles.